The molecule has 0 radical (unpaired) electrons. The van der Waals surface area contributed by atoms with E-state index in [1.54, 1.807) is 0 Å². The van der Waals surface area contributed by atoms with Gasteiger partial charge in [0.15, 0.2) is 28.6 Å². The second kappa shape index (κ2) is 15.2. The number of para-hydroxylation sites is 4. The quantitative estimate of drug-likeness (QED) is 0.164. The Balaban J connectivity index is 0.945. The van der Waals surface area contributed by atoms with Gasteiger partial charge in [0.1, 0.15) is 11.0 Å². The Kier molecular flexibility index (Phi) is 8.44. The van der Waals surface area contributed by atoms with Crippen molar-refractivity contribution in [2.45, 2.75) is 5.41 Å². The topological polar surface area (TPSA) is 90.7 Å². The Bertz CT molecular complexity index is 4100. The minimum Gasteiger partial charge on any atom is -0.436 e. The van der Waals surface area contributed by atoms with Gasteiger partial charge in [0.05, 0.1) is 5.41 Å². The van der Waals surface area contributed by atoms with Crippen LogP contribution >= 0.6 is 0 Å². The Labute approximate surface area is 407 Å². The van der Waals surface area contributed by atoms with Gasteiger partial charge in [-0.05, 0) is 121 Å². The molecule has 2 aliphatic rings. The van der Waals surface area contributed by atoms with Gasteiger partial charge in [-0.3, -0.25) is 0 Å². The van der Waals surface area contributed by atoms with Crippen LogP contribution in [0, 0.1) is 0 Å². The van der Waals surface area contributed by atoms with Crippen LogP contribution in [0.2, 0.25) is 0 Å². The number of benzene rings is 10. The molecule has 0 amide bonds. The lowest BCUT2D eigenvalue weighted by Gasteiger charge is -2.30. The molecule has 10 aromatic carbocycles. The molecule has 7 nitrogen and oxygen atoms in total. The van der Waals surface area contributed by atoms with E-state index >= 15 is 0 Å². The molecule has 2 aliphatic carbocycles. The van der Waals surface area contributed by atoms with Crippen molar-refractivity contribution in [3.8, 4) is 90.5 Å². The highest BCUT2D eigenvalue weighted by molar-refractivity contribution is 5.96. The monoisotopic (exact) mass is 907 g/mol. The Morgan fingerprint density at radius 2 is 0.704 bits per heavy atom. The van der Waals surface area contributed by atoms with Crippen molar-refractivity contribution >= 4 is 33.0 Å². The molecule has 7 heteroatoms. The van der Waals surface area contributed by atoms with Crippen molar-refractivity contribution in [3.63, 3.8) is 0 Å². The zero-order valence-corrected chi connectivity index (χ0v) is 37.9. The first-order valence-electron chi connectivity index (χ1n) is 23.8. The summed E-state index contributed by atoms with van der Waals surface area (Å²) in [6.45, 7) is 0. The molecule has 0 saturated heterocycles. The summed E-state index contributed by atoms with van der Waals surface area (Å²) in [7, 11) is 0. The Morgan fingerprint density at radius 3 is 1.30 bits per heavy atom. The van der Waals surface area contributed by atoms with E-state index in [1.165, 1.54) is 55.3 Å². The fraction of sp³-hybridized carbons (Fsp3) is 0.0156. The highest BCUT2D eigenvalue weighted by Gasteiger charge is 2.51. The maximum atomic E-state index is 6.40. The number of oxazole rings is 2. The largest absolute Gasteiger partial charge is 0.436 e. The Hall–Kier alpha value is -9.59. The number of aromatic nitrogens is 5. The second-order valence-corrected chi connectivity index (χ2v) is 18.4. The number of rotatable bonds is 6. The van der Waals surface area contributed by atoms with E-state index in [9.17, 15) is 0 Å². The van der Waals surface area contributed by atoms with Gasteiger partial charge >= 0.3 is 0 Å². The van der Waals surface area contributed by atoms with Crippen LogP contribution in [0.1, 0.15) is 22.3 Å². The third kappa shape index (κ3) is 6.06. The van der Waals surface area contributed by atoms with Crippen molar-refractivity contribution in [3.05, 3.63) is 247 Å². The van der Waals surface area contributed by atoms with Gasteiger partial charge < -0.3 is 8.83 Å². The minimum atomic E-state index is -0.533. The van der Waals surface area contributed by atoms with E-state index in [4.69, 9.17) is 33.8 Å². The van der Waals surface area contributed by atoms with Crippen LogP contribution in [0.15, 0.2) is 233 Å². The first-order valence-corrected chi connectivity index (χ1v) is 23.8. The lowest BCUT2D eigenvalue weighted by atomic mass is 9.70. The molecule has 0 aliphatic heterocycles. The summed E-state index contributed by atoms with van der Waals surface area (Å²) >= 11 is 0. The molecule has 71 heavy (non-hydrogen) atoms. The van der Waals surface area contributed by atoms with E-state index in [0.29, 0.717) is 40.4 Å². The van der Waals surface area contributed by atoms with E-state index in [0.717, 1.165) is 50.0 Å². The van der Waals surface area contributed by atoms with Crippen LogP contribution < -0.4 is 0 Å². The molecule has 0 fully saturated rings. The lowest BCUT2D eigenvalue weighted by molar-refractivity contribution is 0.617. The fourth-order valence-electron chi connectivity index (χ4n) is 11.2. The Morgan fingerprint density at radius 1 is 0.268 bits per heavy atom. The maximum absolute atomic E-state index is 6.40. The van der Waals surface area contributed by atoms with Gasteiger partial charge in [0.25, 0.3) is 0 Å². The van der Waals surface area contributed by atoms with E-state index < -0.39 is 5.41 Å². The van der Waals surface area contributed by atoms with Gasteiger partial charge in [-0.25, -0.2) is 24.9 Å². The molecule has 3 aromatic heterocycles. The molecule has 330 valence electrons. The smallest absolute Gasteiger partial charge is 0.227 e. The second-order valence-electron chi connectivity index (χ2n) is 18.4. The van der Waals surface area contributed by atoms with Crippen LogP contribution in [-0.4, -0.2) is 24.9 Å². The van der Waals surface area contributed by atoms with E-state index in [1.807, 2.05) is 66.7 Å². The predicted molar refractivity (Wildman–Crippen MR) is 281 cm³/mol. The van der Waals surface area contributed by atoms with Crippen molar-refractivity contribution in [2.24, 2.45) is 0 Å². The van der Waals surface area contributed by atoms with Crippen LogP contribution in [-0.2, 0) is 5.41 Å². The number of fused-ring (bicyclic) bond motifs is 13. The van der Waals surface area contributed by atoms with Gasteiger partial charge in [-0.1, -0.05) is 170 Å². The van der Waals surface area contributed by atoms with Crippen LogP contribution in [0.4, 0.5) is 0 Å². The molecule has 0 saturated carbocycles. The summed E-state index contributed by atoms with van der Waals surface area (Å²) in [4.78, 5) is 25.9. The van der Waals surface area contributed by atoms with Gasteiger partial charge in [-0.15, -0.1) is 0 Å². The molecule has 15 rings (SSSR count). The third-order valence-corrected chi connectivity index (χ3v) is 14.4. The van der Waals surface area contributed by atoms with Crippen LogP contribution in [0.25, 0.3) is 123 Å². The first kappa shape index (κ1) is 39.4. The maximum Gasteiger partial charge on any atom is 0.227 e. The lowest BCUT2D eigenvalue weighted by Crippen LogP contribution is -2.25. The summed E-state index contributed by atoms with van der Waals surface area (Å²) in [6, 6.07) is 78.5. The standard InChI is InChI=1S/C64H37N5O2/c1-2-14-41-33-42(30-27-38(41)13-1)39-25-28-40(29-26-39)59-67-60(43-31-32-50-49-17-5-8-20-53(49)64(54(50)37-43)51-18-6-3-15-47(51)48-16-4-7-19-52(48)64)69-61(68-59)44-34-45(62-65-55-21-9-11-23-57(55)70-62)36-46(35-44)63-66-56-22-10-12-24-58(56)71-63/h1-37H. The number of nitrogens with zero attached hydrogens (tertiary/aromatic N) is 5. The van der Waals surface area contributed by atoms with Crippen molar-refractivity contribution in [1.29, 1.82) is 0 Å². The van der Waals surface area contributed by atoms with Gasteiger partial charge in [0, 0.05) is 27.8 Å². The van der Waals surface area contributed by atoms with E-state index in [2.05, 4.69) is 158 Å². The highest BCUT2D eigenvalue weighted by atomic mass is 16.4. The third-order valence-electron chi connectivity index (χ3n) is 14.4. The average Bonchev–Trinajstić information content (AvgIpc) is 4.23. The van der Waals surface area contributed by atoms with Crippen LogP contribution in [0.5, 0.6) is 0 Å². The van der Waals surface area contributed by atoms with Crippen molar-refractivity contribution in [1.82, 2.24) is 24.9 Å². The predicted octanol–water partition coefficient (Wildman–Crippen LogP) is 15.7. The van der Waals surface area contributed by atoms with Gasteiger partial charge in [0.2, 0.25) is 11.8 Å². The number of hydrogen-bond donors (Lipinski definition) is 0. The summed E-state index contributed by atoms with van der Waals surface area (Å²) in [5.74, 6) is 2.50. The molecule has 0 unspecified atom stereocenters. The van der Waals surface area contributed by atoms with E-state index in [-0.39, 0.29) is 0 Å². The molecule has 0 atom stereocenters. The highest BCUT2D eigenvalue weighted by Crippen LogP contribution is 2.63. The SMILES string of the molecule is c1ccc2c(c1)-c1ccccc1C21c2ccccc2-c2ccc(-c3nc(-c4ccc(-c5ccc6ccccc6c5)cc4)nc(-c4cc(-c5nc6ccccc6o5)cc(-c5nc6ccccc6o5)c4)n3)cc21. The summed E-state index contributed by atoms with van der Waals surface area (Å²) in [5.41, 5.74) is 18.5. The zero-order chi connectivity index (χ0) is 46.6. The summed E-state index contributed by atoms with van der Waals surface area (Å²) < 4.78 is 12.8. The summed E-state index contributed by atoms with van der Waals surface area (Å²) in [5, 5.41) is 2.40. The van der Waals surface area contributed by atoms with Crippen LogP contribution in [0.3, 0.4) is 0 Å². The number of hydrogen-bond acceptors (Lipinski definition) is 7. The van der Waals surface area contributed by atoms with Gasteiger partial charge in [-0.2, -0.15) is 0 Å². The summed E-state index contributed by atoms with van der Waals surface area (Å²) in [6.07, 6.45) is 0. The minimum absolute atomic E-state index is 0.463. The average molecular weight is 908 g/mol. The molecule has 0 bridgehead atoms. The van der Waals surface area contributed by atoms with Crippen molar-refractivity contribution < 1.29 is 8.83 Å². The molecule has 13 aromatic rings. The molecular formula is C64H37N5O2. The first-order chi connectivity index (χ1) is 35.1. The molecule has 3 heterocycles. The normalized spacial score (nSPS) is 12.9. The molecule has 0 N–H and O–H groups in total. The fourth-order valence-corrected chi connectivity index (χ4v) is 11.2. The zero-order valence-electron chi connectivity index (χ0n) is 37.9. The molecule has 1 spiro atoms. The van der Waals surface area contributed by atoms with Crippen molar-refractivity contribution in [2.75, 3.05) is 0 Å². The molecular weight excluding hydrogens is 871 g/mol.